The third-order valence-corrected chi connectivity index (χ3v) is 2.17. The number of phenolic OH excluding ortho intramolecular Hbond substituents is 1. The number of anilines is 2. The highest BCUT2D eigenvalue weighted by molar-refractivity contribution is 5.65. The van der Waals surface area contributed by atoms with Crippen molar-refractivity contribution in [2.45, 2.75) is 6.92 Å². The van der Waals surface area contributed by atoms with Gasteiger partial charge in [-0.05, 0) is 37.3 Å². The summed E-state index contributed by atoms with van der Waals surface area (Å²) < 4.78 is 0. The maximum atomic E-state index is 9.53. The molecule has 0 bridgehead atoms. The summed E-state index contributed by atoms with van der Waals surface area (Å²) in [4.78, 5) is 0. The van der Waals surface area contributed by atoms with Gasteiger partial charge in [-0.1, -0.05) is 23.8 Å². The first-order chi connectivity index (χ1) is 7.25. The van der Waals surface area contributed by atoms with Gasteiger partial charge in [0.2, 0.25) is 0 Å². The average molecular weight is 198 g/mol. The molecule has 0 aliphatic heterocycles. The molecule has 0 spiro atoms. The molecule has 0 saturated heterocycles. The molecule has 1 radical (unpaired) electrons. The minimum Gasteiger partial charge on any atom is -0.506 e. The number of hydrogen-bond acceptors (Lipinski definition) is 2. The van der Waals surface area contributed by atoms with Gasteiger partial charge in [0, 0.05) is 5.69 Å². The second-order valence-electron chi connectivity index (χ2n) is 3.43. The van der Waals surface area contributed by atoms with Gasteiger partial charge in [-0.2, -0.15) is 0 Å². The zero-order valence-corrected chi connectivity index (χ0v) is 8.49. The Morgan fingerprint density at radius 3 is 2.53 bits per heavy atom. The van der Waals surface area contributed by atoms with Crippen LogP contribution < -0.4 is 5.32 Å². The minimum atomic E-state index is 0.207. The van der Waals surface area contributed by atoms with Gasteiger partial charge in [0.25, 0.3) is 0 Å². The van der Waals surface area contributed by atoms with Crippen LogP contribution in [0, 0.1) is 13.0 Å². The fourth-order valence-electron chi connectivity index (χ4n) is 1.32. The van der Waals surface area contributed by atoms with Crippen LogP contribution in [0.15, 0.2) is 42.5 Å². The van der Waals surface area contributed by atoms with Crippen LogP contribution in [0.4, 0.5) is 11.4 Å². The quantitative estimate of drug-likeness (QED) is 0.726. The minimum absolute atomic E-state index is 0.207. The highest BCUT2D eigenvalue weighted by Gasteiger charge is 1.98. The van der Waals surface area contributed by atoms with Crippen LogP contribution in [0.25, 0.3) is 0 Å². The van der Waals surface area contributed by atoms with Crippen molar-refractivity contribution in [3.05, 3.63) is 54.1 Å². The number of rotatable bonds is 2. The van der Waals surface area contributed by atoms with E-state index in [0.29, 0.717) is 5.69 Å². The Bertz CT molecular complexity index is 448. The van der Waals surface area contributed by atoms with Gasteiger partial charge in [-0.15, -0.1) is 0 Å². The van der Waals surface area contributed by atoms with Crippen molar-refractivity contribution in [1.29, 1.82) is 0 Å². The van der Waals surface area contributed by atoms with Crippen LogP contribution in [-0.2, 0) is 0 Å². The first kappa shape index (κ1) is 9.59. The number of aromatic hydroxyl groups is 1. The molecule has 2 heteroatoms. The molecule has 2 N–H and O–H groups in total. The fraction of sp³-hybridized carbons (Fsp3) is 0.0769. The third-order valence-electron chi connectivity index (χ3n) is 2.17. The number of hydrogen-bond donors (Lipinski definition) is 2. The Balaban J connectivity index is 2.22. The second-order valence-corrected chi connectivity index (χ2v) is 3.43. The normalized spacial score (nSPS) is 9.93. The first-order valence-electron chi connectivity index (χ1n) is 4.78. The summed E-state index contributed by atoms with van der Waals surface area (Å²) in [6.07, 6.45) is 0. The molecule has 0 aromatic heterocycles. The number of aryl methyl sites for hydroxylation is 1. The average Bonchev–Trinajstić information content (AvgIpc) is 2.25. The molecule has 0 unspecified atom stereocenters. The summed E-state index contributed by atoms with van der Waals surface area (Å²) >= 11 is 0. The fourth-order valence-corrected chi connectivity index (χ4v) is 1.32. The van der Waals surface area contributed by atoms with Crippen LogP contribution in [0.3, 0.4) is 0 Å². The summed E-state index contributed by atoms with van der Waals surface area (Å²) in [6.45, 7) is 2.04. The maximum Gasteiger partial charge on any atom is 0.139 e. The first-order valence-corrected chi connectivity index (χ1v) is 4.78. The predicted molar refractivity (Wildman–Crippen MR) is 61.4 cm³/mol. The smallest absolute Gasteiger partial charge is 0.139 e. The zero-order chi connectivity index (χ0) is 10.7. The van der Waals surface area contributed by atoms with Gasteiger partial charge in [-0.3, -0.25) is 0 Å². The SMILES string of the molecule is Cc1ccc(Nc2cc[c]cc2O)cc1. The van der Waals surface area contributed by atoms with Crippen LogP contribution in [-0.4, -0.2) is 5.11 Å². The van der Waals surface area contributed by atoms with E-state index in [1.54, 1.807) is 12.1 Å². The highest BCUT2D eigenvalue weighted by atomic mass is 16.3. The lowest BCUT2D eigenvalue weighted by molar-refractivity contribution is 0.477. The van der Waals surface area contributed by atoms with Crippen LogP contribution in [0.1, 0.15) is 5.56 Å². The van der Waals surface area contributed by atoms with Gasteiger partial charge in [0.1, 0.15) is 5.75 Å². The Labute approximate surface area is 89.2 Å². The van der Waals surface area contributed by atoms with E-state index >= 15 is 0 Å². The van der Waals surface area contributed by atoms with E-state index in [4.69, 9.17) is 0 Å². The summed E-state index contributed by atoms with van der Waals surface area (Å²) in [5.41, 5.74) is 2.87. The van der Waals surface area contributed by atoms with E-state index in [0.717, 1.165) is 5.69 Å². The molecule has 2 nitrogen and oxygen atoms in total. The molecular weight excluding hydrogens is 186 g/mol. The van der Waals surface area contributed by atoms with Crippen LogP contribution >= 0.6 is 0 Å². The second kappa shape index (κ2) is 4.05. The van der Waals surface area contributed by atoms with Crippen LogP contribution in [0.5, 0.6) is 5.75 Å². The van der Waals surface area contributed by atoms with Crippen molar-refractivity contribution in [3.8, 4) is 5.75 Å². The van der Waals surface area contributed by atoms with Gasteiger partial charge in [-0.25, -0.2) is 0 Å². The summed E-state index contributed by atoms with van der Waals surface area (Å²) in [5.74, 6) is 0.207. The molecular formula is C13H12NO. The molecule has 0 atom stereocenters. The van der Waals surface area contributed by atoms with Crippen molar-refractivity contribution < 1.29 is 5.11 Å². The highest BCUT2D eigenvalue weighted by Crippen LogP contribution is 2.25. The van der Waals surface area contributed by atoms with Crippen LogP contribution in [0.2, 0.25) is 0 Å². The van der Waals surface area contributed by atoms with E-state index in [1.807, 2.05) is 31.2 Å². The Kier molecular flexibility index (Phi) is 2.59. The van der Waals surface area contributed by atoms with Crippen molar-refractivity contribution in [2.24, 2.45) is 0 Å². The Morgan fingerprint density at radius 1 is 1.13 bits per heavy atom. The van der Waals surface area contributed by atoms with E-state index in [2.05, 4.69) is 11.4 Å². The predicted octanol–water partition coefficient (Wildman–Crippen LogP) is 3.24. The lowest BCUT2D eigenvalue weighted by Crippen LogP contribution is -1.90. The van der Waals surface area contributed by atoms with E-state index < -0.39 is 0 Å². The maximum absolute atomic E-state index is 9.53. The molecule has 0 fully saturated rings. The Hall–Kier alpha value is -1.96. The lowest BCUT2D eigenvalue weighted by atomic mass is 10.2. The van der Waals surface area contributed by atoms with Crippen molar-refractivity contribution in [3.63, 3.8) is 0 Å². The van der Waals surface area contributed by atoms with Crippen molar-refractivity contribution in [1.82, 2.24) is 0 Å². The third kappa shape index (κ3) is 2.29. The standard InChI is InChI=1S/C13H12NO/c1-10-6-8-11(9-7-10)14-12-4-2-3-5-13(12)15/h2,4-9,14-15H,1H3. The lowest BCUT2D eigenvalue weighted by Gasteiger charge is -2.07. The summed E-state index contributed by atoms with van der Waals surface area (Å²) in [6, 6.07) is 15.9. The zero-order valence-electron chi connectivity index (χ0n) is 8.49. The Morgan fingerprint density at radius 2 is 1.87 bits per heavy atom. The molecule has 0 heterocycles. The monoisotopic (exact) mass is 198 g/mol. The number of benzene rings is 2. The number of nitrogens with one attached hydrogen (secondary N) is 1. The molecule has 0 aliphatic carbocycles. The number of phenols is 1. The van der Waals surface area contributed by atoms with Gasteiger partial charge in [0.15, 0.2) is 0 Å². The van der Waals surface area contributed by atoms with E-state index in [-0.39, 0.29) is 5.75 Å². The van der Waals surface area contributed by atoms with E-state index in [1.165, 1.54) is 11.6 Å². The molecule has 2 aromatic carbocycles. The molecule has 2 aromatic rings. The summed E-state index contributed by atoms with van der Waals surface area (Å²) in [7, 11) is 0. The van der Waals surface area contributed by atoms with Crippen molar-refractivity contribution in [2.75, 3.05) is 5.32 Å². The largest absolute Gasteiger partial charge is 0.506 e. The van der Waals surface area contributed by atoms with E-state index in [9.17, 15) is 5.11 Å². The molecule has 0 aliphatic rings. The molecule has 75 valence electrons. The van der Waals surface area contributed by atoms with Gasteiger partial charge in [0.05, 0.1) is 5.69 Å². The summed E-state index contributed by atoms with van der Waals surface area (Å²) in [5, 5.41) is 12.7. The van der Waals surface area contributed by atoms with Gasteiger partial charge < -0.3 is 10.4 Å². The topological polar surface area (TPSA) is 32.3 Å². The van der Waals surface area contributed by atoms with Crippen molar-refractivity contribution >= 4 is 11.4 Å². The molecule has 2 rings (SSSR count). The molecule has 0 amide bonds. The molecule has 0 saturated carbocycles. The molecule has 15 heavy (non-hydrogen) atoms. The van der Waals surface area contributed by atoms with Gasteiger partial charge >= 0.3 is 0 Å².